The van der Waals surface area contributed by atoms with Crippen LogP contribution in [0.15, 0.2) is 12.4 Å². The van der Waals surface area contributed by atoms with E-state index in [1.54, 1.807) is 12.4 Å². The van der Waals surface area contributed by atoms with E-state index in [-0.39, 0.29) is 12.1 Å². The first-order valence-corrected chi connectivity index (χ1v) is 4.20. The van der Waals surface area contributed by atoms with E-state index in [0.29, 0.717) is 0 Å². The van der Waals surface area contributed by atoms with E-state index >= 15 is 0 Å². The molecule has 0 atom stereocenters. The zero-order valence-electron chi connectivity index (χ0n) is 7.08. The largest absolute Gasteiger partial charge is 0.321 e. The number of alkyl halides is 2. The van der Waals surface area contributed by atoms with Gasteiger partial charge in [0.1, 0.15) is 6.54 Å². The molecule has 1 aliphatic carbocycles. The third-order valence-corrected chi connectivity index (χ3v) is 2.32. The number of aromatic nitrogens is 2. The topological polar surface area (TPSA) is 43.8 Å². The van der Waals surface area contributed by atoms with Gasteiger partial charge in [-0.1, -0.05) is 0 Å². The predicted octanol–water partition coefficient (Wildman–Crippen LogP) is 1.10. The maximum Gasteiger partial charge on any atom is 0.257 e. The fourth-order valence-corrected chi connectivity index (χ4v) is 1.29. The Morgan fingerprint density at radius 2 is 2.31 bits per heavy atom. The predicted molar refractivity (Wildman–Crippen MR) is 43.3 cm³/mol. The fraction of sp³-hybridized carbons (Fsp3) is 0.625. The molecule has 0 aromatic carbocycles. The summed E-state index contributed by atoms with van der Waals surface area (Å²) in [4.78, 5) is 0. The lowest BCUT2D eigenvalue weighted by Crippen LogP contribution is -2.17. The van der Waals surface area contributed by atoms with E-state index in [9.17, 15) is 8.78 Å². The van der Waals surface area contributed by atoms with Crippen LogP contribution in [-0.4, -0.2) is 16.2 Å². The van der Waals surface area contributed by atoms with Gasteiger partial charge in [-0.2, -0.15) is 5.10 Å². The van der Waals surface area contributed by atoms with Crippen molar-refractivity contribution in [3.8, 4) is 0 Å². The highest BCUT2D eigenvalue weighted by Crippen LogP contribution is 2.42. The zero-order valence-corrected chi connectivity index (χ0v) is 7.08. The van der Waals surface area contributed by atoms with Crippen molar-refractivity contribution in [1.82, 2.24) is 9.78 Å². The summed E-state index contributed by atoms with van der Waals surface area (Å²) in [5, 5.41) is 3.82. The Kier molecular flexibility index (Phi) is 1.83. The monoisotopic (exact) mass is 187 g/mol. The van der Waals surface area contributed by atoms with E-state index in [1.165, 1.54) is 4.68 Å². The molecule has 1 aromatic rings. The molecule has 1 aliphatic rings. The molecule has 0 bridgehead atoms. The van der Waals surface area contributed by atoms with Crippen LogP contribution in [0.1, 0.15) is 18.4 Å². The quantitative estimate of drug-likeness (QED) is 0.769. The van der Waals surface area contributed by atoms with E-state index in [1.807, 2.05) is 0 Å². The van der Waals surface area contributed by atoms with Crippen molar-refractivity contribution in [2.75, 3.05) is 0 Å². The lowest BCUT2D eigenvalue weighted by atomic mass is 10.1. The van der Waals surface area contributed by atoms with E-state index in [2.05, 4.69) is 5.10 Å². The van der Waals surface area contributed by atoms with E-state index < -0.39 is 6.43 Å². The Bertz CT molecular complexity index is 304. The second-order valence-electron chi connectivity index (χ2n) is 3.50. The van der Waals surface area contributed by atoms with Crippen LogP contribution in [0.5, 0.6) is 0 Å². The molecule has 13 heavy (non-hydrogen) atoms. The molecule has 0 aliphatic heterocycles. The lowest BCUT2D eigenvalue weighted by molar-refractivity contribution is 0.122. The van der Waals surface area contributed by atoms with Gasteiger partial charge in [-0.25, -0.2) is 8.78 Å². The SMILES string of the molecule is NC1(c2cnn(CC(F)F)c2)CC1. The molecular weight excluding hydrogens is 176 g/mol. The maximum atomic E-state index is 11.9. The Labute approximate surface area is 74.5 Å². The summed E-state index contributed by atoms with van der Waals surface area (Å²) in [6.45, 7) is -0.351. The number of nitrogens with two attached hydrogens (primary N) is 1. The minimum atomic E-state index is -2.36. The van der Waals surface area contributed by atoms with Crippen molar-refractivity contribution in [3.05, 3.63) is 18.0 Å². The molecule has 72 valence electrons. The standard InChI is InChI=1S/C8H11F2N3/c9-7(10)5-13-4-6(3-12-13)8(11)1-2-8/h3-4,7H,1-2,5,11H2. The molecular formula is C8H11F2N3. The van der Waals surface area contributed by atoms with Crippen molar-refractivity contribution < 1.29 is 8.78 Å². The average Bonchev–Trinajstić information content (AvgIpc) is 2.62. The van der Waals surface area contributed by atoms with Gasteiger partial charge in [-0.3, -0.25) is 4.68 Å². The molecule has 0 amide bonds. The molecule has 0 radical (unpaired) electrons. The number of rotatable bonds is 3. The molecule has 2 rings (SSSR count). The molecule has 3 nitrogen and oxygen atoms in total. The Balaban J connectivity index is 2.09. The molecule has 1 fully saturated rings. The average molecular weight is 187 g/mol. The van der Waals surface area contributed by atoms with Gasteiger partial charge in [0.2, 0.25) is 0 Å². The van der Waals surface area contributed by atoms with Gasteiger partial charge in [-0.15, -0.1) is 0 Å². The minimum absolute atomic E-state index is 0.277. The summed E-state index contributed by atoms with van der Waals surface area (Å²) in [6, 6.07) is 0. The van der Waals surface area contributed by atoms with Gasteiger partial charge < -0.3 is 5.73 Å². The van der Waals surface area contributed by atoms with Gasteiger partial charge in [0.15, 0.2) is 0 Å². The fourth-order valence-electron chi connectivity index (χ4n) is 1.29. The van der Waals surface area contributed by atoms with Crippen molar-refractivity contribution in [3.63, 3.8) is 0 Å². The van der Waals surface area contributed by atoms with Crippen LogP contribution in [0.2, 0.25) is 0 Å². The molecule has 1 aromatic heterocycles. The van der Waals surface area contributed by atoms with Crippen LogP contribution >= 0.6 is 0 Å². The highest BCUT2D eigenvalue weighted by atomic mass is 19.3. The molecule has 5 heteroatoms. The second-order valence-corrected chi connectivity index (χ2v) is 3.50. The Hall–Kier alpha value is -0.970. The van der Waals surface area contributed by atoms with Crippen LogP contribution in [0, 0.1) is 0 Å². The van der Waals surface area contributed by atoms with Gasteiger partial charge in [0.25, 0.3) is 6.43 Å². The Morgan fingerprint density at radius 3 is 2.85 bits per heavy atom. The first-order valence-electron chi connectivity index (χ1n) is 4.20. The summed E-state index contributed by atoms with van der Waals surface area (Å²) >= 11 is 0. The van der Waals surface area contributed by atoms with E-state index in [0.717, 1.165) is 18.4 Å². The third-order valence-electron chi connectivity index (χ3n) is 2.32. The first kappa shape index (κ1) is 8.62. The zero-order chi connectivity index (χ0) is 9.47. The molecule has 0 saturated heterocycles. The summed E-state index contributed by atoms with van der Waals surface area (Å²) in [5.74, 6) is 0. The van der Waals surface area contributed by atoms with Crippen molar-refractivity contribution >= 4 is 0 Å². The smallest absolute Gasteiger partial charge is 0.257 e. The third kappa shape index (κ3) is 1.70. The number of hydrogen-bond donors (Lipinski definition) is 1. The summed E-state index contributed by atoms with van der Waals surface area (Å²) in [6.07, 6.45) is 2.68. The molecule has 1 saturated carbocycles. The molecule has 1 heterocycles. The van der Waals surface area contributed by atoms with Crippen LogP contribution in [0.4, 0.5) is 8.78 Å². The normalized spacial score (nSPS) is 19.4. The summed E-state index contributed by atoms with van der Waals surface area (Å²) in [7, 11) is 0. The van der Waals surface area contributed by atoms with Crippen LogP contribution in [-0.2, 0) is 12.1 Å². The number of nitrogens with zero attached hydrogens (tertiary/aromatic N) is 2. The number of halogens is 2. The van der Waals surface area contributed by atoms with Crippen LogP contribution in [0.25, 0.3) is 0 Å². The van der Waals surface area contributed by atoms with Crippen LogP contribution in [0.3, 0.4) is 0 Å². The van der Waals surface area contributed by atoms with Gasteiger partial charge in [-0.05, 0) is 12.8 Å². The van der Waals surface area contributed by atoms with Crippen LogP contribution < -0.4 is 5.73 Å². The first-order chi connectivity index (χ1) is 6.10. The summed E-state index contributed by atoms with van der Waals surface area (Å²) in [5.41, 5.74) is 6.46. The van der Waals surface area contributed by atoms with E-state index in [4.69, 9.17) is 5.73 Å². The van der Waals surface area contributed by atoms with Crippen molar-refractivity contribution in [1.29, 1.82) is 0 Å². The van der Waals surface area contributed by atoms with Gasteiger partial charge >= 0.3 is 0 Å². The molecule has 0 unspecified atom stereocenters. The summed E-state index contributed by atoms with van der Waals surface area (Å²) < 4.78 is 25.1. The molecule has 2 N–H and O–H groups in total. The van der Waals surface area contributed by atoms with Gasteiger partial charge in [0.05, 0.1) is 6.20 Å². The second kappa shape index (κ2) is 2.77. The lowest BCUT2D eigenvalue weighted by Gasteiger charge is -2.03. The van der Waals surface area contributed by atoms with Gasteiger partial charge in [0, 0.05) is 17.3 Å². The minimum Gasteiger partial charge on any atom is -0.321 e. The Morgan fingerprint density at radius 1 is 1.62 bits per heavy atom. The number of hydrogen-bond acceptors (Lipinski definition) is 2. The molecule has 0 spiro atoms. The van der Waals surface area contributed by atoms with Crippen molar-refractivity contribution in [2.45, 2.75) is 31.4 Å². The maximum absolute atomic E-state index is 11.9. The highest BCUT2D eigenvalue weighted by Gasteiger charge is 2.41. The van der Waals surface area contributed by atoms with Crippen molar-refractivity contribution in [2.24, 2.45) is 5.73 Å². The highest BCUT2D eigenvalue weighted by molar-refractivity contribution is 5.24.